The molecule has 2 aliphatic carbocycles. The molecule has 4 rings (SSSR count). The molecule has 29 heavy (non-hydrogen) atoms. The summed E-state index contributed by atoms with van der Waals surface area (Å²) >= 11 is 0. The van der Waals surface area contributed by atoms with E-state index in [4.69, 9.17) is 4.74 Å². The Morgan fingerprint density at radius 2 is 1.76 bits per heavy atom. The van der Waals surface area contributed by atoms with Crippen molar-refractivity contribution in [3.05, 3.63) is 41.5 Å². The summed E-state index contributed by atoms with van der Waals surface area (Å²) in [6, 6.07) is 7.26. The fourth-order valence-electron chi connectivity index (χ4n) is 6.01. The van der Waals surface area contributed by atoms with Crippen LogP contribution in [0.25, 0.3) is 10.8 Å². The molecular weight excluding hydrogens is 366 g/mol. The van der Waals surface area contributed by atoms with Crippen molar-refractivity contribution in [2.45, 2.75) is 77.0 Å². The maximum atomic E-state index is 14.5. The van der Waals surface area contributed by atoms with Gasteiger partial charge in [-0.2, -0.15) is 0 Å². The van der Waals surface area contributed by atoms with Gasteiger partial charge in [0, 0.05) is 5.39 Å². The first kappa shape index (κ1) is 20.6. The lowest BCUT2D eigenvalue weighted by atomic mass is 9.63. The minimum atomic E-state index is -0.625. The number of hydrogen-bond donors (Lipinski definition) is 0. The molecule has 158 valence electrons. The van der Waals surface area contributed by atoms with Crippen LogP contribution in [0.15, 0.2) is 24.3 Å². The summed E-state index contributed by atoms with van der Waals surface area (Å²) in [6.07, 6.45) is 13.4. The third-order valence-corrected chi connectivity index (χ3v) is 7.62. The number of halogens is 2. The highest BCUT2D eigenvalue weighted by molar-refractivity contribution is 5.85. The van der Waals surface area contributed by atoms with Crippen molar-refractivity contribution in [1.82, 2.24) is 0 Å². The quantitative estimate of drug-likeness (QED) is 0.446. The first-order valence-corrected chi connectivity index (χ1v) is 11.6. The maximum absolute atomic E-state index is 14.5. The fourth-order valence-corrected chi connectivity index (χ4v) is 6.01. The van der Waals surface area contributed by atoms with Crippen LogP contribution < -0.4 is 4.74 Å². The standard InChI is InChI=1S/C26H34F2O/c1-3-4-5-6-17-7-8-19-14-20(10-9-18(19)13-17)21-11-12-23-22(15-21)16-24(27)26(29-2)25(23)28/h11-12,15-20H,3-10,13-14H2,1-2H3/t17?,18-,19?,20-/m1/s1. The second-order valence-corrected chi connectivity index (χ2v) is 9.39. The molecule has 0 heterocycles. The summed E-state index contributed by atoms with van der Waals surface area (Å²) in [5.74, 6) is 1.68. The van der Waals surface area contributed by atoms with Gasteiger partial charge in [0.2, 0.25) is 0 Å². The number of unbranched alkanes of at least 4 members (excludes halogenated alkanes) is 2. The van der Waals surface area contributed by atoms with E-state index >= 15 is 0 Å². The molecule has 2 unspecified atom stereocenters. The lowest BCUT2D eigenvalue weighted by Crippen LogP contribution is -2.30. The van der Waals surface area contributed by atoms with Crippen LogP contribution in [0.5, 0.6) is 5.75 Å². The van der Waals surface area contributed by atoms with E-state index in [2.05, 4.69) is 6.92 Å². The number of benzene rings is 2. The zero-order chi connectivity index (χ0) is 20.4. The van der Waals surface area contributed by atoms with Crippen molar-refractivity contribution in [2.75, 3.05) is 7.11 Å². The molecule has 4 atom stereocenters. The molecule has 1 nitrogen and oxygen atoms in total. The second kappa shape index (κ2) is 9.02. The minimum Gasteiger partial charge on any atom is -0.491 e. The van der Waals surface area contributed by atoms with Gasteiger partial charge in [0.15, 0.2) is 17.4 Å². The molecule has 2 fully saturated rings. The van der Waals surface area contributed by atoms with Gasteiger partial charge in [-0.05, 0) is 72.8 Å². The van der Waals surface area contributed by atoms with Gasteiger partial charge in [0.25, 0.3) is 0 Å². The molecule has 0 bridgehead atoms. The number of rotatable bonds is 6. The van der Waals surface area contributed by atoms with Gasteiger partial charge in [0.05, 0.1) is 7.11 Å². The minimum absolute atomic E-state index is 0.290. The van der Waals surface area contributed by atoms with E-state index in [9.17, 15) is 8.78 Å². The van der Waals surface area contributed by atoms with Crippen molar-refractivity contribution in [1.29, 1.82) is 0 Å². The van der Waals surface area contributed by atoms with Crippen LogP contribution in [0, 0.1) is 29.4 Å². The Kier molecular flexibility index (Phi) is 6.41. The Morgan fingerprint density at radius 1 is 0.966 bits per heavy atom. The van der Waals surface area contributed by atoms with E-state index in [0.29, 0.717) is 16.7 Å². The van der Waals surface area contributed by atoms with Crippen molar-refractivity contribution in [3.63, 3.8) is 0 Å². The van der Waals surface area contributed by atoms with Crippen LogP contribution in [-0.4, -0.2) is 7.11 Å². The molecule has 2 aromatic rings. The van der Waals surface area contributed by atoms with Crippen LogP contribution in [0.4, 0.5) is 8.78 Å². The highest BCUT2D eigenvalue weighted by atomic mass is 19.1. The molecule has 2 aromatic carbocycles. The predicted molar refractivity (Wildman–Crippen MR) is 115 cm³/mol. The molecule has 0 aliphatic heterocycles. The first-order valence-electron chi connectivity index (χ1n) is 11.6. The van der Waals surface area contributed by atoms with Gasteiger partial charge < -0.3 is 4.74 Å². The highest BCUT2D eigenvalue weighted by Gasteiger charge is 2.35. The van der Waals surface area contributed by atoms with Gasteiger partial charge in [-0.25, -0.2) is 8.78 Å². The molecule has 0 aromatic heterocycles. The van der Waals surface area contributed by atoms with Crippen LogP contribution >= 0.6 is 0 Å². The smallest absolute Gasteiger partial charge is 0.191 e. The van der Waals surface area contributed by atoms with E-state index in [1.807, 2.05) is 12.1 Å². The van der Waals surface area contributed by atoms with Crippen molar-refractivity contribution < 1.29 is 13.5 Å². The SMILES string of the molecule is CCCCCC1CCC2C[C@H](c3ccc4c(F)c(OC)c(F)cc4c3)CC[C@@H]2C1. The van der Waals surface area contributed by atoms with Crippen LogP contribution in [0.2, 0.25) is 0 Å². The summed E-state index contributed by atoms with van der Waals surface area (Å²) < 4.78 is 33.5. The zero-order valence-corrected chi connectivity index (χ0v) is 17.9. The Hall–Kier alpha value is -1.64. The fraction of sp³-hybridized carbons (Fsp3) is 0.615. The van der Waals surface area contributed by atoms with Crippen LogP contribution in [0.3, 0.4) is 0 Å². The molecule has 0 spiro atoms. The molecule has 0 saturated heterocycles. The van der Waals surface area contributed by atoms with Crippen molar-refractivity contribution in [2.24, 2.45) is 17.8 Å². The van der Waals surface area contributed by atoms with Crippen LogP contribution in [0.1, 0.15) is 82.6 Å². The number of fused-ring (bicyclic) bond motifs is 2. The highest BCUT2D eigenvalue weighted by Crippen LogP contribution is 2.48. The van der Waals surface area contributed by atoms with Gasteiger partial charge in [0.1, 0.15) is 0 Å². The molecule has 0 radical (unpaired) electrons. The van der Waals surface area contributed by atoms with Crippen LogP contribution in [-0.2, 0) is 0 Å². The van der Waals surface area contributed by atoms with Crippen molar-refractivity contribution >= 4 is 10.8 Å². The summed E-state index contributed by atoms with van der Waals surface area (Å²) in [6.45, 7) is 2.28. The first-order chi connectivity index (χ1) is 14.1. The third-order valence-electron chi connectivity index (χ3n) is 7.62. The van der Waals surface area contributed by atoms with Gasteiger partial charge >= 0.3 is 0 Å². The topological polar surface area (TPSA) is 9.23 Å². The summed E-state index contributed by atoms with van der Waals surface area (Å²) in [5.41, 5.74) is 1.24. The van der Waals surface area contributed by atoms with Gasteiger partial charge in [-0.1, -0.05) is 57.2 Å². The number of hydrogen-bond acceptors (Lipinski definition) is 1. The van der Waals surface area contributed by atoms with E-state index in [0.717, 1.165) is 17.8 Å². The monoisotopic (exact) mass is 400 g/mol. The molecule has 3 heteroatoms. The van der Waals surface area contributed by atoms with E-state index < -0.39 is 11.6 Å². The Bertz CT molecular complexity index is 846. The summed E-state index contributed by atoms with van der Waals surface area (Å²) in [7, 11) is 1.30. The molecule has 0 N–H and O–H groups in total. The normalized spacial score (nSPS) is 27.0. The van der Waals surface area contributed by atoms with Gasteiger partial charge in [-0.15, -0.1) is 0 Å². The summed E-state index contributed by atoms with van der Waals surface area (Å²) in [5, 5.41) is 1.08. The lowest BCUT2D eigenvalue weighted by molar-refractivity contribution is 0.113. The maximum Gasteiger partial charge on any atom is 0.191 e. The molecule has 2 aliphatic rings. The predicted octanol–water partition coefficient (Wildman–Crippen LogP) is 8.01. The van der Waals surface area contributed by atoms with Crippen molar-refractivity contribution in [3.8, 4) is 5.75 Å². The Morgan fingerprint density at radius 3 is 2.55 bits per heavy atom. The van der Waals surface area contributed by atoms with E-state index in [1.165, 1.54) is 82.9 Å². The van der Waals surface area contributed by atoms with Gasteiger partial charge in [-0.3, -0.25) is 0 Å². The Balaban J connectivity index is 1.45. The summed E-state index contributed by atoms with van der Waals surface area (Å²) in [4.78, 5) is 0. The molecular formula is C26H34F2O. The number of methoxy groups -OCH3 is 1. The third kappa shape index (κ3) is 4.29. The largest absolute Gasteiger partial charge is 0.491 e. The Labute approximate surface area is 173 Å². The zero-order valence-electron chi connectivity index (χ0n) is 17.9. The average Bonchev–Trinajstić information content (AvgIpc) is 2.73. The second-order valence-electron chi connectivity index (χ2n) is 9.39. The average molecular weight is 401 g/mol. The van der Waals surface area contributed by atoms with E-state index in [1.54, 1.807) is 6.07 Å². The molecule has 2 saturated carbocycles. The van der Waals surface area contributed by atoms with E-state index in [-0.39, 0.29) is 5.75 Å². The lowest BCUT2D eigenvalue weighted by Gasteiger charge is -2.42. The molecule has 0 amide bonds. The number of ether oxygens (including phenoxy) is 1.